The van der Waals surface area contributed by atoms with Gasteiger partial charge in [-0.05, 0) is 36.2 Å². The number of hydrogen-bond acceptors (Lipinski definition) is 6. The molecule has 1 saturated heterocycles. The lowest BCUT2D eigenvalue weighted by Gasteiger charge is -2.15. The number of nitrogens with zero attached hydrogens (tertiary/aromatic N) is 3. The molecule has 1 aliphatic rings. The number of aromatic amines is 1. The summed E-state index contributed by atoms with van der Waals surface area (Å²) < 4.78 is 0. The van der Waals surface area contributed by atoms with E-state index in [0.717, 1.165) is 5.56 Å². The van der Waals surface area contributed by atoms with E-state index in [0.29, 0.717) is 23.9 Å². The summed E-state index contributed by atoms with van der Waals surface area (Å²) in [6.45, 7) is 0.393. The first-order chi connectivity index (χ1) is 14.0. The molecule has 2 atom stereocenters. The number of aromatic nitrogens is 3. The molecular formula is C20H20N4O5. The Labute approximate surface area is 165 Å². The van der Waals surface area contributed by atoms with Gasteiger partial charge in [0.25, 0.3) is 17.9 Å². The predicted molar refractivity (Wildman–Crippen MR) is 104 cm³/mol. The molecule has 0 aliphatic carbocycles. The number of likely N-dealkylation sites (tertiary alicyclic amines) is 1. The van der Waals surface area contributed by atoms with Crippen molar-refractivity contribution in [3.63, 3.8) is 0 Å². The van der Waals surface area contributed by atoms with Gasteiger partial charge in [0.1, 0.15) is 0 Å². The second kappa shape index (κ2) is 9.07. The van der Waals surface area contributed by atoms with Gasteiger partial charge in [-0.25, -0.2) is 4.98 Å². The van der Waals surface area contributed by atoms with Crippen LogP contribution in [0.2, 0.25) is 0 Å². The van der Waals surface area contributed by atoms with Crippen LogP contribution in [-0.2, 0) is 11.2 Å². The molecule has 150 valence electrons. The van der Waals surface area contributed by atoms with E-state index in [1.54, 1.807) is 41.6 Å². The van der Waals surface area contributed by atoms with Gasteiger partial charge < -0.3 is 20.1 Å². The number of para-hydroxylation sites is 1. The zero-order valence-corrected chi connectivity index (χ0v) is 15.4. The Hall–Kier alpha value is -3.59. The number of β-amino-alcohol motifs (C(OH)–C–C–N with tert-alkyl or cyclic N) is 1. The summed E-state index contributed by atoms with van der Waals surface area (Å²) in [5, 5.41) is 17.7. The number of benzene rings is 1. The highest BCUT2D eigenvalue weighted by molar-refractivity contribution is 5.92. The summed E-state index contributed by atoms with van der Waals surface area (Å²) in [6, 6.07) is 10.7. The fourth-order valence-electron chi connectivity index (χ4n) is 3.38. The third-order valence-electron chi connectivity index (χ3n) is 4.76. The number of carboxylic acid groups (broad SMARTS) is 1. The van der Waals surface area contributed by atoms with Crippen molar-refractivity contribution in [3.8, 4) is 0 Å². The van der Waals surface area contributed by atoms with Crippen LogP contribution < -0.4 is 5.56 Å². The Bertz CT molecular complexity index is 1050. The summed E-state index contributed by atoms with van der Waals surface area (Å²) in [5.41, 5.74) is 1.20. The van der Waals surface area contributed by atoms with Gasteiger partial charge in [-0.2, -0.15) is 0 Å². The fraction of sp³-hybridized carbons (Fsp3) is 0.250. The number of H-pyrrole nitrogens is 1. The molecule has 3 heterocycles. The molecule has 2 aromatic heterocycles. The smallest absolute Gasteiger partial charge is 0.290 e. The number of nitrogens with one attached hydrogen (secondary N) is 1. The van der Waals surface area contributed by atoms with Crippen LogP contribution in [-0.4, -0.2) is 61.6 Å². The van der Waals surface area contributed by atoms with Crippen LogP contribution in [0.4, 0.5) is 0 Å². The number of amides is 1. The summed E-state index contributed by atoms with van der Waals surface area (Å²) in [5.74, 6) is -0.428. The number of rotatable bonds is 3. The molecule has 29 heavy (non-hydrogen) atoms. The maximum atomic E-state index is 12.8. The summed E-state index contributed by atoms with van der Waals surface area (Å²) in [4.78, 5) is 45.7. The standard InChI is InChI=1S/C19H18N4O3.CH2O2/c24-16-11-23(10-13(16)9-12-5-7-20-8-6-12)19(26)17-21-15-4-2-1-3-14(15)18(25)22-17;2-1-3/h1-8,13,16,24H,9-11H2,(H,21,22,25);1H,(H,2,3)/t13-,16-;/m1./s1. The number of aliphatic hydroxyl groups excluding tert-OH is 1. The van der Waals surface area contributed by atoms with Gasteiger partial charge in [0.2, 0.25) is 0 Å². The molecule has 1 aliphatic heterocycles. The Morgan fingerprint density at radius 3 is 2.62 bits per heavy atom. The molecule has 0 spiro atoms. The molecule has 0 saturated carbocycles. The SMILES string of the molecule is O=C(c1nc2ccccc2c(=O)[nH]1)N1C[C@@H](Cc2ccncc2)[C@H](O)C1.O=CO. The van der Waals surface area contributed by atoms with Gasteiger partial charge in [0.05, 0.1) is 17.0 Å². The number of pyridine rings is 1. The van der Waals surface area contributed by atoms with Crippen LogP contribution >= 0.6 is 0 Å². The first kappa shape index (κ1) is 20.2. The molecule has 1 amide bonds. The summed E-state index contributed by atoms with van der Waals surface area (Å²) in [6.07, 6.45) is 3.47. The normalized spacial score (nSPS) is 18.2. The number of aliphatic hydroxyl groups is 1. The van der Waals surface area contributed by atoms with Gasteiger partial charge in [-0.1, -0.05) is 12.1 Å². The van der Waals surface area contributed by atoms with Gasteiger partial charge in [-0.15, -0.1) is 0 Å². The zero-order chi connectivity index (χ0) is 20.8. The average molecular weight is 396 g/mol. The van der Waals surface area contributed by atoms with E-state index in [9.17, 15) is 14.7 Å². The maximum absolute atomic E-state index is 12.8. The van der Waals surface area contributed by atoms with E-state index >= 15 is 0 Å². The minimum absolute atomic E-state index is 0.00506. The minimum Gasteiger partial charge on any atom is -0.483 e. The van der Waals surface area contributed by atoms with Crippen molar-refractivity contribution in [2.75, 3.05) is 13.1 Å². The molecule has 9 heteroatoms. The molecule has 3 aromatic rings. The second-order valence-corrected chi connectivity index (χ2v) is 6.63. The van der Waals surface area contributed by atoms with Crippen molar-refractivity contribution < 1.29 is 19.8 Å². The lowest BCUT2D eigenvalue weighted by molar-refractivity contribution is -0.122. The van der Waals surface area contributed by atoms with Crippen LogP contribution in [0, 0.1) is 5.92 Å². The van der Waals surface area contributed by atoms with Crippen LogP contribution in [0.3, 0.4) is 0 Å². The van der Waals surface area contributed by atoms with E-state index in [1.807, 2.05) is 12.1 Å². The average Bonchev–Trinajstić information content (AvgIpc) is 3.09. The Morgan fingerprint density at radius 1 is 1.21 bits per heavy atom. The number of fused-ring (bicyclic) bond motifs is 1. The molecule has 9 nitrogen and oxygen atoms in total. The van der Waals surface area contributed by atoms with Crippen LogP contribution in [0.5, 0.6) is 0 Å². The van der Waals surface area contributed by atoms with Gasteiger partial charge in [-0.3, -0.25) is 19.4 Å². The van der Waals surface area contributed by atoms with Crippen molar-refractivity contribution in [3.05, 3.63) is 70.5 Å². The topological polar surface area (TPSA) is 136 Å². The molecular weight excluding hydrogens is 376 g/mol. The van der Waals surface area contributed by atoms with E-state index in [-0.39, 0.29) is 36.2 Å². The first-order valence-electron chi connectivity index (χ1n) is 8.96. The monoisotopic (exact) mass is 396 g/mol. The Kier molecular flexibility index (Phi) is 6.30. The molecule has 1 fully saturated rings. The second-order valence-electron chi connectivity index (χ2n) is 6.63. The minimum atomic E-state index is -0.612. The van der Waals surface area contributed by atoms with Crippen LogP contribution in [0.1, 0.15) is 16.2 Å². The van der Waals surface area contributed by atoms with Crippen molar-refractivity contribution in [1.29, 1.82) is 0 Å². The Morgan fingerprint density at radius 2 is 1.90 bits per heavy atom. The third kappa shape index (κ3) is 4.64. The van der Waals surface area contributed by atoms with E-state index < -0.39 is 6.10 Å². The molecule has 3 N–H and O–H groups in total. The van der Waals surface area contributed by atoms with Gasteiger partial charge in [0.15, 0.2) is 5.82 Å². The fourth-order valence-corrected chi connectivity index (χ4v) is 3.38. The lowest BCUT2D eigenvalue weighted by Crippen LogP contribution is -2.32. The highest BCUT2D eigenvalue weighted by Crippen LogP contribution is 2.22. The molecule has 0 bridgehead atoms. The van der Waals surface area contributed by atoms with E-state index in [2.05, 4.69) is 15.0 Å². The van der Waals surface area contributed by atoms with Crippen molar-refractivity contribution in [2.45, 2.75) is 12.5 Å². The highest BCUT2D eigenvalue weighted by Gasteiger charge is 2.35. The predicted octanol–water partition coefficient (Wildman–Crippen LogP) is 0.694. The van der Waals surface area contributed by atoms with Crippen LogP contribution in [0.15, 0.2) is 53.6 Å². The maximum Gasteiger partial charge on any atom is 0.290 e. The summed E-state index contributed by atoms with van der Waals surface area (Å²) in [7, 11) is 0. The van der Waals surface area contributed by atoms with Gasteiger partial charge in [0, 0.05) is 31.4 Å². The molecule has 0 unspecified atom stereocenters. The summed E-state index contributed by atoms with van der Waals surface area (Å²) >= 11 is 0. The molecule has 1 aromatic carbocycles. The highest BCUT2D eigenvalue weighted by atomic mass is 16.3. The van der Waals surface area contributed by atoms with Crippen molar-refractivity contribution >= 4 is 23.3 Å². The number of carbonyl (C=O) groups excluding carboxylic acids is 1. The quantitative estimate of drug-likeness (QED) is 0.554. The first-order valence-corrected chi connectivity index (χ1v) is 8.96. The molecule has 4 rings (SSSR count). The van der Waals surface area contributed by atoms with E-state index in [4.69, 9.17) is 9.90 Å². The lowest BCUT2D eigenvalue weighted by atomic mass is 9.97. The van der Waals surface area contributed by atoms with E-state index in [1.165, 1.54) is 0 Å². The zero-order valence-electron chi connectivity index (χ0n) is 15.4. The Balaban J connectivity index is 0.000000755. The van der Waals surface area contributed by atoms with Gasteiger partial charge >= 0.3 is 0 Å². The number of carbonyl (C=O) groups is 2. The van der Waals surface area contributed by atoms with Crippen LogP contribution in [0.25, 0.3) is 10.9 Å². The molecule has 0 radical (unpaired) electrons. The third-order valence-corrected chi connectivity index (χ3v) is 4.76. The number of hydrogen-bond donors (Lipinski definition) is 3. The van der Waals surface area contributed by atoms with Crippen molar-refractivity contribution in [1.82, 2.24) is 19.9 Å². The largest absolute Gasteiger partial charge is 0.483 e. The van der Waals surface area contributed by atoms with Crippen molar-refractivity contribution in [2.24, 2.45) is 5.92 Å².